The van der Waals surface area contributed by atoms with Crippen LogP contribution in [0.4, 0.5) is 18.9 Å². The summed E-state index contributed by atoms with van der Waals surface area (Å²) in [6, 6.07) is 7.06. The van der Waals surface area contributed by atoms with E-state index in [0.29, 0.717) is 18.7 Å². The number of benzene rings is 1. The van der Waals surface area contributed by atoms with Gasteiger partial charge in [-0.1, -0.05) is 0 Å². The fourth-order valence-corrected chi connectivity index (χ4v) is 2.90. The summed E-state index contributed by atoms with van der Waals surface area (Å²) in [6.07, 6.45) is -0.0524. The molecule has 0 saturated carbocycles. The summed E-state index contributed by atoms with van der Waals surface area (Å²) in [7, 11) is 0. The minimum absolute atomic E-state index is 0.0257. The minimum atomic E-state index is -4.44. The first-order chi connectivity index (χ1) is 12.8. The number of rotatable bonds is 3. The van der Waals surface area contributed by atoms with E-state index in [9.17, 15) is 22.8 Å². The van der Waals surface area contributed by atoms with E-state index < -0.39 is 17.6 Å². The molecule has 2 amide bonds. The largest absolute Gasteiger partial charge is 0.416 e. The molecule has 0 radical (unpaired) electrons. The summed E-state index contributed by atoms with van der Waals surface area (Å²) in [5, 5.41) is 2.49. The lowest BCUT2D eigenvalue weighted by Gasteiger charge is -2.26. The van der Waals surface area contributed by atoms with Crippen LogP contribution in [0.15, 0.2) is 42.6 Å². The van der Waals surface area contributed by atoms with Crippen LogP contribution in [0.1, 0.15) is 45.7 Å². The molecule has 142 valence electrons. The Labute approximate surface area is 154 Å². The van der Waals surface area contributed by atoms with Gasteiger partial charge in [0.2, 0.25) is 0 Å². The molecule has 0 atom stereocenters. The Morgan fingerprint density at radius 2 is 1.67 bits per heavy atom. The zero-order chi connectivity index (χ0) is 19.4. The Hall–Kier alpha value is -2.90. The average Bonchev–Trinajstić information content (AvgIpc) is 2.68. The van der Waals surface area contributed by atoms with Crippen molar-refractivity contribution in [1.82, 2.24) is 9.88 Å². The average molecular weight is 377 g/mol. The van der Waals surface area contributed by atoms with Crippen LogP contribution >= 0.6 is 0 Å². The van der Waals surface area contributed by atoms with Crippen LogP contribution in [0.2, 0.25) is 0 Å². The summed E-state index contributed by atoms with van der Waals surface area (Å²) in [5.74, 6) is -0.747. The van der Waals surface area contributed by atoms with Gasteiger partial charge in [-0.05, 0) is 55.7 Å². The summed E-state index contributed by atoms with van der Waals surface area (Å²) >= 11 is 0. The third-order valence-corrected chi connectivity index (χ3v) is 4.35. The van der Waals surface area contributed by atoms with E-state index in [-0.39, 0.29) is 17.3 Å². The number of piperidine rings is 1. The third kappa shape index (κ3) is 4.64. The van der Waals surface area contributed by atoms with E-state index in [1.807, 2.05) is 0 Å². The SMILES string of the molecule is O=C(Nc1ccc(C(F)(F)F)cc1)c1cc(C(=O)N2CCCCC2)ccn1. The van der Waals surface area contributed by atoms with Gasteiger partial charge in [-0.2, -0.15) is 13.2 Å². The van der Waals surface area contributed by atoms with Crippen molar-refractivity contribution in [3.8, 4) is 0 Å². The molecule has 0 unspecified atom stereocenters. The fourth-order valence-electron chi connectivity index (χ4n) is 2.90. The molecule has 1 fully saturated rings. The first-order valence-corrected chi connectivity index (χ1v) is 8.58. The molecule has 2 aromatic rings. The molecule has 1 aromatic heterocycles. The maximum absolute atomic E-state index is 12.6. The summed E-state index contributed by atoms with van der Waals surface area (Å²) in [5.41, 5.74) is -0.197. The maximum atomic E-state index is 12.6. The number of alkyl halides is 3. The van der Waals surface area contributed by atoms with Crippen molar-refractivity contribution in [2.24, 2.45) is 0 Å². The summed E-state index contributed by atoms with van der Waals surface area (Å²) in [4.78, 5) is 30.6. The number of hydrogen-bond donors (Lipinski definition) is 1. The fraction of sp³-hybridized carbons (Fsp3) is 0.316. The number of nitrogens with zero attached hydrogens (tertiary/aromatic N) is 2. The Morgan fingerprint density at radius 3 is 2.30 bits per heavy atom. The van der Waals surface area contributed by atoms with Gasteiger partial charge in [0.25, 0.3) is 11.8 Å². The number of halogens is 3. The van der Waals surface area contributed by atoms with Crippen LogP contribution in [0, 0.1) is 0 Å². The molecule has 0 spiro atoms. The zero-order valence-corrected chi connectivity index (χ0v) is 14.4. The smallest absolute Gasteiger partial charge is 0.339 e. The molecule has 3 rings (SSSR count). The zero-order valence-electron chi connectivity index (χ0n) is 14.4. The molecule has 1 N–H and O–H groups in total. The Kier molecular flexibility index (Phi) is 5.43. The highest BCUT2D eigenvalue weighted by Crippen LogP contribution is 2.29. The topological polar surface area (TPSA) is 62.3 Å². The number of hydrogen-bond acceptors (Lipinski definition) is 3. The van der Waals surface area contributed by atoms with Crippen LogP contribution in [-0.4, -0.2) is 34.8 Å². The van der Waals surface area contributed by atoms with Crippen molar-refractivity contribution in [3.05, 3.63) is 59.4 Å². The predicted molar refractivity (Wildman–Crippen MR) is 93.4 cm³/mol. The Morgan fingerprint density at radius 1 is 1.00 bits per heavy atom. The van der Waals surface area contributed by atoms with Gasteiger partial charge in [-0.25, -0.2) is 0 Å². The molecule has 27 heavy (non-hydrogen) atoms. The first kappa shape index (κ1) is 18.9. The van der Waals surface area contributed by atoms with E-state index >= 15 is 0 Å². The normalized spacial score (nSPS) is 14.7. The minimum Gasteiger partial charge on any atom is -0.339 e. The molecule has 0 bridgehead atoms. The highest BCUT2D eigenvalue weighted by molar-refractivity contribution is 6.04. The van der Waals surface area contributed by atoms with Gasteiger partial charge in [-0.3, -0.25) is 14.6 Å². The van der Waals surface area contributed by atoms with E-state index in [0.717, 1.165) is 31.4 Å². The van der Waals surface area contributed by atoms with Crippen molar-refractivity contribution in [1.29, 1.82) is 0 Å². The van der Waals surface area contributed by atoms with Crippen LogP contribution in [0.25, 0.3) is 0 Å². The van der Waals surface area contributed by atoms with E-state index in [4.69, 9.17) is 0 Å². The molecule has 5 nitrogen and oxygen atoms in total. The second-order valence-corrected chi connectivity index (χ2v) is 6.31. The molecule has 1 aromatic carbocycles. The van der Waals surface area contributed by atoms with Crippen molar-refractivity contribution >= 4 is 17.5 Å². The predicted octanol–water partition coefficient (Wildman–Crippen LogP) is 3.98. The number of anilines is 1. The highest BCUT2D eigenvalue weighted by atomic mass is 19.4. The monoisotopic (exact) mass is 377 g/mol. The second kappa shape index (κ2) is 7.77. The van der Waals surface area contributed by atoms with Crippen molar-refractivity contribution in [3.63, 3.8) is 0 Å². The number of carbonyl (C=O) groups excluding carboxylic acids is 2. The quantitative estimate of drug-likeness (QED) is 0.880. The molecule has 2 heterocycles. The molecule has 1 aliphatic heterocycles. The first-order valence-electron chi connectivity index (χ1n) is 8.58. The van der Waals surface area contributed by atoms with Gasteiger partial charge in [0.15, 0.2) is 0 Å². The van der Waals surface area contributed by atoms with Crippen LogP contribution < -0.4 is 5.32 Å². The van der Waals surface area contributed by atoms with Gasteiger partial charge >= 0.3 is 6.18 Å². The number of amides is 2. The van der Waals surface area contributed by atoms with Crippen molar-refractivity contribution < 1.29 is 22.8 Å². The summed E-state index contributed by atoms with van der Waals surface area (Å²) < 4.78 is 37.8. The van der Waals surface area contributed by atoms with E-state index in [1.165, 1.54) is 24.4 Å². The lowest BCUT2D eigenvalue weighted by Crippen LogP contribution is -2.35. The molecule has 1 saturated heterocycles. The maximum Gasteiger partial charge on any atom is 0.416 e. The van der Waals surface area contributed by atoms with E-state index in [2.05, 4.69) is 10.3 Å². The number of likely N-dealkylation sites (tertiary alicyclic amines) is 1. The van der Waals surface area contributed by atoms with Crippen molar-refractivity contribution in [2.45, 2.75) is 25.4 Å². The highest BCUT2D eigenvalue weighted by Gasteiger charge is 2.30. The Bertz CT molecular complexity index is 829. The number of aromatic nitrogens is 1. The molecule has 1 aliphatic rings. The number of pyridine rings is 1. The number of nitrogens with one attached hydrogen (secondary N) is 1. The second-order valence-electron chi connectivity index (χ2n) is 6.31. The van der Waals surface area contributed by atoms with Gasteiger partial charge in [0.1, 0.15) is 5.69 Å². The molecular formula is C19H18F3N3O2. The standard InChI is InChI=1S/C19H18F3N3O2/c20-19(21,22)14-4-6-15(7-5-14)24-17(26)16-12-13(8-9-23-16)18(27)25-10-2-1-3-11-25/h4-9,12H,1-3,10-11H2,(H,24,26). The van der Waals surface area contributed by atoms with Crippen LogP contribution in [-0.2, 0) is 6.18 Å². The van der Waals surface area contributed by atoms with Gasteiger partial charge in [0.05, 0.1) is 5.56 Å². The molecular weight excluding hydrogens is 359 g/mol. The summed E-state index contributed by atoms with van der Waals surface area (Å²) in [6.45, 7) is 1.38. The lowest BCUT2D eigenvalue weighted by molar-refractivity contribution is -0.137. The van der Waals surface area contributed by atoms with Crippen LogP contribution in [0.3, 0.4) is 0 Å². The van der Waals surface area contributed by atoms with Crippen LogP contribution in [0.5, 0.6) is 0 Å². The number of carbonyl (C=O) groups is 2. The van der Waals surface area contributed by atoms with Gasteiger partial charge < -0.3 is 10.2 Å². The van der Waals surface area contributed by atoms with Gasteiger partial charge in [0, 0.05) is 30.5 Å². The Balaban J connectivity index is 1.70. The molecule has 0 aliphatic carbocycles. The third-order valence-electron chi connectivity index (χ3n) is 4.35. The van der Waals surface area contributed by atoms with Crippen molar-refractivity contribution in [2.75, 3.05) is 18.4 Å². The van der Waals surface area contributed by atoms with Gasteiger partial charge in [-0.15, -0.1) is 0 Å². The van der Waals surface area contributed by atoms with E-state index in [1.54, 1.807) is 11.0 Å². The lowest BCUT2D eigenvalue weighted by atomic mass is 10.1. The molecule has 8 heteroatoms.